The van der Waals surface area contributed by atoms with E-state index in [4.69, 9.17) is 4.74 Å². The fraction of sp³-hybridized carbons (Fsp3) is 0.375. The van der Waals surface area contributed by atoms with Gasteiger partial charge in [0, 0.05) is 12.1 Å². The van der Waals surface area contributed by atoms with Gasteiger partial charge in [0.25, 0.3) is 5.91 Å². The molecule has 0 fully saturated rings. The maximum atomic E-state index is 12.4. The van der Waals surface area contributed by atoms with Gasteiger partial charge >= 0.3 is 5.97 Å². The van der Waals surface area contributed by atoms with Crippen LogP contribution in [-0.2, 0) is 16.0 Å². The van der Waals surface area contributed by atoms with Crippen LogP contribution in [-0.4, -0.2) is 41.6 Å². The molecule has 0 aliphatic carbocycles. The molecule has 0 unspecified atom stereocenters. The summed E-state index contributed by atoms with van der Waals surface area (Å²) in [5.74, 6) is -0.948. The third-order valence-electron chi connectivity index (χ3n) is 4.54. The van der Waals surface area contributed by atoms with Crippen molar-refractivity contribution in [1.82, 2.24) is 10.6 Å². The molecule has 3 N–H and O–H groups in total. The van der Waals surface area contributed by atoms with Crippen LogP contribution in [0.25, 0.3) is 0 Å². The van der Waals surface area contributed by atoms with Crippen LogP contribution >= 0.6 is 0 Å². The van der Waals surface area contributed by atoms with Crippen LogP contribution in [0, 0.1) is 0 Å². The zero-order valence-corrected chi connectivity index (χ0v) is 18.0. The Morgan fingerprint density at radius 1 is 0.968 bits per heavy atom. The molecule has 7 heteroatoms. The van der Waals surface area contributed by atoms with Gasteiger partial charge in [-0.2, -0.15) is 0 Å². The molecule has 2 aromatic carbocycles. The lowest BCUT2D eigenvalue weighted by atomic mass is 10.1. The maximum Gasteiger partial charge on any atom is 0.326 e. The molecular formula is C24H30N2O5. The second-order valence-electron chi connectivity index (χ2n) is 7.56. The number of carboxylic acid groups (broad SMARTS) is 1. The first kappa shape index (κ1) is 23.9. The fourth-order valence-electron chi connectivity index (χ4n) is 3.00. The Bertz CT molecular complexity index is 850. The van der Waals surface area contributed by atoms with E-state index in [1.54, 1.807) is 24.3 Å². The van der Waals surface area contributed by atoms with Crippen LogP contribution in [0.3, 0.4) is 0 Å². The highest BCUT2D eigenvalue weighted by Gasteiger charge is 2.20. The van der Waals surface area contributed by atoms with E-state index in [0.29, 0.717) is 37.1 Å². The number of unbranched alkanes of at least 4 members (excludes halogenated alkanes) is 1. The number of carboxylic acids is 1. The van der Waals surface area contributed by atoms with Crippen molar-refractivity contribution < 1.29 is 24.2 Å². The minimum Gasteiger partial charge on any atom is -0.491 e. The Labute approximate surface area is 182 Å². The van der Waals surface area contributed by atoms with Gasteiger partial charge < -0.3 is 20.5 Å². The van der Waals surface area contributed by atoms with Gasteiger partial charge in [0.15, 0.2) is 0 Å². The van der Waals surface area contributed by atoms with Crippen LogP contribution in [0.2, 0.25) is 0 Å². The lowest BCUT2D eigenvalue weighted by Crippen LogP contribution is -2.40. The normalized spacial score (nSPS) is 11.6. The van der Waals surface area contributed by atoms with Crippen molar-refractivity contribution >= 4 is 17.8 Å². The number of benzene rings is 2. The molecule has 2 rings (SSSR count). The van der Waals surface area contributed by atoms with Gasteiger partial charge in [-0.1, -0.05) is 30.3 Å². The standard InChI is InChI=1S/C24H30N2O5/c1-17(2)31-20-13-11-19(12-14-20)23(28)26-21(24(29)30)10-6-7-15-25-22(27)16-18-8-4-3-5-9-18/h3-5,8-9,11-14,17,21H,6-7,10,15-16H2,1-2H3,(H,25,27)(H,26,28)(H,29,30)/t21-/m0/s1. The fourth-order valence-corrected chi connectivity index (χ4v) is 3.00. The molecule has 0 aliphatic rings. The summed E-state index contributed by atoms with van der Waals surface area (Å²) in [6.45, 7) is 4.28. The molecule has 0 radical (unpaired) electrons. The van der Waals surface area contributed by atoms with E-state index < -0.39 is 17.9 Å². The summed E-state index contributed by atoms with van der Waals surface area (Å²) < 4.78 is 5.54. The number of nitrogens with one attached hydrogen (secondary N) is 2. The topological polar surface area (TPSA) is 105 Å². The van der Waals surface area contributed by atoms with Gasteiger partial charge in [0.2, 0.25) is 5.91 Å². The summed E-state index contributed by atoms with van der Waals surface area (Å²) in [4.78, 5) is 35.8. The highest BCUT2D eigenvalue weighted by Crippen LogP contribution is 2.14. The van der Waals surface area contributed by atoms with Crippen molar-refractivity contribution in [3.63, 3.8) is 0 Å². The van der Waals surface area contributed by atoms with Crippen LogP contribution in [0.4, 0.5) is 0 Å². The molecular weight excluding hydrogens is 396 g/mol. The van der Waals surface area contributed by atoms with Crippen LogP contribution in [0.1, 0.15) is 49.0 Å². The van der Waals surface area contributed by atoms with Crippen molar-refractivity contribution in [2.24, 2.45) is 0 Å². The van der Waals surface area contributed by atoms with E-state index in [1.807, 2.05) is 44.2 Å². The number of hydrogen-bond acceptors (Lipinski definition) is 4. The summed E-state index contributed by atoms with van der Waals surface area (Å²) in [6.07, 6.45) is 1.81. The minimum atomic E-state index is -1.08. The Balaban J connectivity index is 1.72. The Kier molecular flexibility index (Phi) is 9.55. The second kappa shape index (κ2) is 12.4. The van der Waals surface area contributed by atoms with E-state index in [2.05, 4.69) is 10.6 Å². The summed E-state index contributed by atoms with van der Waals surface area (Å²) in [5, 5.41) is 14.8. The van der Waals surface area contributed by atoms with E-state index in [9.17, 15) is 19.5 Å². The average Bonchev–Trinajstić information content (AvgIpc) is 2.73. The molecule has 0 bridgehead atoms. The summed E-state index contributed by atoms with van der Waals surface area (Å²) in [6, 6.07) is 15.0. The van der Waals surface area contributed by atoms with Gasteiger partial charge in [-0.25, -0.2) is 4.79 Å². The molecule has 0 saturated carbocycles. The number of rotatable bonds is 12. The summed E-state index contributed by atoms with van der Waals surface area (Å²) in [5.41, 5.74) is 1.31. The number of carbonyl (C=O) groups excluding carboxylic acids is 2. The largest absolute Gasteiger partial charge is 0.491 e. The van der Waals surface area contributed by atoms with Gasteiger partial charge in [-0.3, -0.25) is 9.59 Å². The molecule has 0 aromatic heterocycles. The highest BCUT2D eigenvalue weighted by atomic mass is 16.5. The Morgan fingerprint density at radius 2 is 1.65 bits per heavy atom. The molecule has 0 spiro atoms. The molecule has 0 heterocycles. The predicted molar refractivity (Wildman–Crippen MR) is 118 cm³/mol. The lowest BCUT2D eigenvalue weighted by molar-refractivity contribution is -0.139. The Hall–Kier alpha value is -3.35. The van der Waals surface area contributed by atoms with Crippen LogP contribution in [0.15, 0.2) is 54.6 Å². The number of carbonyl (C=O) groups is 3. The molecule has 166 valence electrons. The van der Waals surface area contributed by atoms with Gasteiger partial charge in [0.05, 0.1) is 12.5 Å². The molecule has 0 saturated heterocycles. The van der Waals surface area contributed by atoms with Gasteiger partial charge in [0.1, 0.15) is 11.8 Å². The quantitative estimate of drug-likeness (QED) is 0.452. The molecule has 7 nitrogen and oxygen atoms in total. The second-order valence-corrected chi connectivity index (χ2v) is 7.56. The smallest absolute Gasteiger partial charge is 0.326 e. The summed E-state index contributed by atoms with van der Waals surface area (Å²) in [7, 11) is 0. The van der Waals surface area contributed by atoms with Crippen molar-refractivity contribution in [2.75, 3.05) is 6.54 Å². The van der Waals surface area contributed by atoms with Crippen molar-refractivity contribution in [3.8, 4) is 5.75 Å². The molecule has 31 heavy (non-hydrogen) atoms. The number of amides is 2. The van der Waals surface area contributed by atoms with E-state index in [0.717, 1.165) is 5.56 Å². The van der Waals surface area contributed by atoms with Crippen molar-refractivity contribution in [2.45, 2.75) is 51.7 Å². The van der Waals surface area contributed by atoms with Gasteiger partial charge in [-0.05, 0) is 62.9 Å². The SMILES string of the molecule is CC(C)Oc1ccc(C(=O)N[C@@H](CCCCNC(=O)Cc2ccccc2)C(=O)O)cc1. The number of aliphatic carboxylic acids is 1. The number of ether oxygens (including phenoxy) is 1. The van der Waals surface area contributed by atoms with Crippen molar-refractivity contribution in [3.05, 3.63) is 65.7 Å². The monoisotopic (exact) mass is 426 g/mol. The third kappa shape index (κ3) is 8.90. The Morgan fingerprint density at radius 3 is 2.26 bits per heavy atom. The van der Waals surface area contributed by atoms with Gasteiger partial charge in [-0.15, -0.1) is 0 Å². The first-order valence-corrected chi connectivity index (χ1v) is 10.5. The zero-order chi connectivity index (χ0) is 22.6. The molecule has 2 aromatic rings. The lowest BCUT2D eigenvalue weighted by Gasteiger charge is -2.15. The molecule has 1 atom stereocenters. The first-order chi connectivity index (χ1) is 14.8. The highest BCUT2D eigenvalue weighted by molar-refractivity contribution is 5.96. The zero-order valence-electron chi connectivity index (χ0n) is 18.0. The summed E-state index contributed by atoms with van der Waals surface area (Å²) >= 11 is 0. The van der Waals surface area contributed by atoms with E-state index in [-0.39, 0.29) is 18.4 Å². The van der Waals surface area contributed by atoms with E-state index >= 15 is 0 Å². The third-order valence-corrected chi connectivity index (χ3v) is 4.54. The van der Waals surface area contributed by atoms with Crippen molar-refractivity contribution in [1.29, 1.82) is 0 Å². The average molecular weight is 427 g/mol. The first-order valence-electron chi connectivity index (χ1n) is 10.5. The predicted octanol–water partition coefficient (Wildman–Crippen LogP) is 3.19. The molecule has 0 aliphatic heterocycles. The number of hydrogen-bond donors (Lipinski definition) is 3. The van der Waals surface area contributed by atoms with Crippen LogP contribution in [0.5, 0.6) is 5.75 Å². The maximum absolute atomic E-state index is 12.4. The van der Waals surface area contributed by atoms with Crippen LogP contribution < -0.4 is 15.4 Å². The minimum absolute atomic E-state index is 0.0270. The molecule has 2 amide bonds. The van der Waals surface area contributed by atoms with E-state index in [1.165, 1.54) is 0 Å².